The van der Waals surface area contributed by atoms with Crippen LogP contribution in [0.5, 0.6) is 0 Å². The SMILES string of the molecule is Cc1cccc(N2C[C@H](C(=O)O[C@@H](C)C(=O)Nc3ccc(S(N)(=O)=O)cc3)CC2=O)c1C. The van der Waals surface area contributed by atoms with Crippen molar-refractivity contribution in [1.82, 2.24) is 0 Å². The van der Waals surface area contributed by atoms with Gasteiger partial charge in [0.2, 0.25) is 15.9 Å². The van der Waals surface area contributed by atoms with Crippen LogP contribution in [0.2, 0.25) is 0 Å². The molecule has 1 aliphatic rings. The van der Waals surface area contributed by atoms with Gasteiger partial charge in [0.15, 0.2) is 6.10 Å². The Morgan fingerprint density at radius 3 is 2.44 bits per heavy atom. The molecule has 2 aromatic rings. The van der Waals surface area contributed by atoms with Crippen molar-refractivity contribution in [3.05, 3.63) is 53.6 Å². The van der Waals surface area contributed by atoms with Crippen molar-refractivity contribution in [2.45, 2.75) is 38.2 Å². The third-order valence-electron chi connectivity index (χ3n) is 5.44. The molecular formula is C22H25N3O6S. The molecule has 2 aromatic carbocycles. The third kappa shape index (κ3) is 5.14. The monoisotopic (exact) mass is 459 g/mol. The molecule has 0 spiro atoms. The maximum Gasteiger partial charge on any atom is 0.312 e. The second kappa shape index (κ2) is 9.09. The number of esters is 1. The minimum absolute atomic E-state index is 0.00950. The van der Waals surface area contributed by atoms with E-state index >= 15 is 0 Å². The lowest BCUT2D eigenvalue weighted by atomic mass is 10.1. The molecule has 1 fully saturated rings. The molecule has 170 valence electrons. The number of nitrogens with one attached hydrogen (secondary N) is 1. The van der Waals surface area contributed by atoms with Crippen molar-refractivity contribution in [3.8, 4) is 0 Å². The predicted octanol–water partition coefficient (Wildman–Crippen LogP) is 1.87. The zero-order chi connectivity index (χ0) is 23.6. The molecule has 3 rings (SSSR count). The van der Waals surface area contributed by atoms with E-state index in [0.29, 0.717) is 5.69 Å². The van der Waals surface area contributed by atoms with Crippen LogP contribution in [-0.2, 0) is 29.1 Å². The highest BCUT2D eigenvalue weighted by Gasteiger charge is 2.37. The first-order chi connectivity index (χ1) is 15.0. The van der Waals surface area contributed by atoms with Gasteiger partial charge in [0.25, 0.3) is 5.91 Å². The van der Waals surface area contributed by atoms with Gasteiger partial charge in [0, 0.05) is 24.3 Å². The molecule has 2 atom stereocenters. The molecular weight excluding hydrogens is 434 g/mol. The third-order valence-corrected chi connectivity index (χ3v) is 6.37. The number of nitrogens with zero attached hydrogens (tertiary/aromatic N) is 1. The molecule has 1 heterocycles. The van der Waals surface area contributed by atoms with E-state index in [1.54, 1.807) is 4.90 Å². The number of carbonyl (C=O) groups excluding carboxylic acids is 3. The maximum atomic E-state index is 12.6. The smallest absolute Gasteiger partial charge is 0.312 e. The predicted molar refractivity (Wildman–Crippen MR) is 118 cm³/mol. The summed E-state index contributed by atoms with van der Waals surface area (Å²) in [5, 5.41) is 7.59. The van der Waals surface area contributed by atoms with Gasteiger partial charge in [-0.2, -0.15) is 0 Å². The Morgan fingerprint density at radius 1 is 1.16 bits per heavy atom. The van der Waals surface area contributed by atoms with E-state index in [9.17, 15) is 22.8 Å². The van der Waals surface area contributed by atoms with E-state index in [2.05, 4.69) is 5.32 Å². The normalized spacial score (nSPS) is 17.2. The highest BCUT2D eigenvalue weighted by Crippen LogP contribution is 2.30. The summed E-state index contributed by atoms with van der Waals surface area (Å²) in [5.41, 5.74) is 3.10. The highest BCUT2D eigenvalue weighted by atomic mass is 32.2. The minimum atomic E-state index is -3.84. The maximum absolute atomic E-state index is 12.6. The molecule has 2 amide bonds. The average Bonchev–Trinajstić information content (AvgIpc) is 3.11. The Hall–Kier alpha value is -3.24. The van der Waals surface area contributed by atoms with Crippen LogP contribution in [0.1, 0.15) is 24.5 Å². The summed E-state index contributed by atoms with van der Waals surface area (Å²) in [5.74, 6) is -2.06. The van der Waals surface area contributed by atoms with Gasteiger partial charge >= 0.3 is 5.97 Å². The molecule has 0 radical (unpaired) electrons. The van der Waals surface area contributed by atoms with Crippen LogP contribution in [0, 0.1) is 19.8 Å². The molecule has 3 N–H and O–H groups in total. The minimum Gasteiger partial charge on any atom is -0.452 e. The van der Waals surface area contributed by atoms with Crippen molar-refractivity contribution in [2.75, 3.05) is 16.8 Å². The van der Waals surface area contributed by atoms with Crippen molar-refractivity contribution < 1.29 is 27.5 Å². The lowest BCUT2D eigenvalue weighted by Gasteiger charge is -2.20. The standard InChI is InChI=1S/C22H25N3O6S/c1-13-5-4-6-19(14(13)2)25-12-16(11-20(25)26)22(28)31-15(3)21(27)24-17-7-9-18(10-8-17)32(23,29)30/h4-10,15-16H,11-12H2,1-3H3,(H,24,27)(H2,23,29,30)/t15-,16+/m0/s1. The Kier molecular flexibility index (Phi) is 6.65. The van der Waals surface area contributed by atoms with Crippen LogP contribution in [0.15, 0.2) is 47.4 Å². The van der Waals surface area contributed by atoms with Crippen LogP contribution >= 0.6 is 0 Å². The summed E-state index contributed by atoms with van der Waals surface area (Å²) < 4.78 is 27.9. The van der Waals surface area contributed by atoms with E-state index in [1.165, 1.54) is 31.2 Å². The van der Waals surface area contributed by atoms with Gasteiger partial charge in [-0.05, 0) is 62.2 Å². The first kappa shape index (κ1) is 23.4. The van der Waals surface area contributed by atoms with Gasteiger partial charge in [0.05, 0.1) is 10.8 Å². The molecule has 0 saturated carbocycles. The highest BCUT2D eigenvalue weighted by molar-refractivity contribution is 7.89. The van der Waals surface area contributed by atoms with E-state index in [0.717, 1.165) is 16.8 Å². The molecule has 10 heteroatoms. The molecule has 0 aliphatic carbocycles. The Labute approximate surface area is 186 Å². The van der Waals surface area contributed by atoms with E-state index in [1.807, 2.05) is 32.0 Å². The topological polar surface area (TPSA) is 136 Å². The van der Waals surface area contributed by atoms with Gasteiger partial charge < -0.3 is 15.0 Å². The van der Waals surface area contributed by atoms with Gasteiger partial charge in [-0.15, -0.1) is 0 Å². The zero-order valence-electron chi connectivity index (χ0n) is 18.0. The number of hydrogen-bond acceptors (Lipinski definition) is 6. The number of ether oxygens (including phenoxy) is 1. The molecule has 0 bridgehead atoms. The number of anilines is 2. The molecule has 1 aliphatic heterocycles. The van der Waals surface area contributed by atoms with Crippen LogP contribution in [0.3, 0.4) is 0 Å². The zero-order valence-corrected chi connectivity index (χ0v) is 18.8. The van der Waals surface area contributed by atoms with Crippen molar-refractivity contribution in [2.24, 2.45) is 11.1 Å². The molecule has 32 heavy (non-hydrogen) atoms. The van der Waals surface area contributed by atoms with Crippen molar-refractivity contribution in [3.63, 3.8) is 0 Å². The summed E-state index contributed by atoms with van der Waals surface area (Å²) in [6, 6.07) is 10.9. The number of benzene rings is 2. The lowest BCUT2D eigenvalue weighted by Crippen LogP contribution is -2.33. The number of hydrogen-bond donors (Lipinski definition) is 2. The van der Waals surface area contributed by atoms with Crippen molar-refractivity contribution in [1.29, 1.82) is 0 Å². The fourth-order valence-corrected chi connectivity index (χ4v) is 3.94. The molecule has 9 nitrogen and oxygen atoms in total. The second-order valence-corrected chi connectivity index (χ2v) is 9.32. The number of carbonyl (C=O) groups is 3. The van der Waals surface area contributed by atoms with Crippen LogP contribution in [-0.4, -0.2) is 38.9 Å². The van der Waals surface area contributed by atoms with Crippen molar-refractivity contribution >= 4 is 39.2 Å². The van der Waals surface area contributed by atoms with Crippen LogP contribution in [0.4, 0.5) is 11.4 Å². The fraction of sp³-hybridized carbons (Fsp3) is 0.318. The number of sulfonamides is 1. The lowest BCUT2D eigenvalue weighted by molar-refractivity contribution is -0.157. The number of nitrogens with two attached hydrogens (primary N) is 1. The summed E-state index contributed by atoms with van der Waals surface area (Å²) in [6.45, 7) is 5.48. The van der Waals surface area contributed by atoms with E-state index in [-0.39, 0.29) is 23.8 Å². The fourth-order valence-electron chi connectivity index (χ4n) is 3.42. The number of aryl methyl sites for hydroxylation is 1. The molecule has 0 aromatic heterocycles. The number of rotatable bonds is 6. The quantitative estimate of drug-likeness (QED) is 0.633. The van der Waals surface area contributed by atoms with Crippen LogP contribution < -0.4 is 15.4 Å². The summed E-state index contributed by atoms with van der Waals surface area (Å²) in [7, 11) is -3.84. The largest absolute Gasteiger partial charge is 0.452 e. The second-order valence-electron chi connectivity index (χ2n) is 7.76. The summed E-state index contributed by atoms with van der Waals surface area (Å²) >= 11 is 0. The summed E-state index contributed by atoms with van der Waals surface area (Å²) in [4.78, 5) is 38.9. The van der Waals surface area contributed by atoms with Gasteiger partial charge in [-0.25, -0.2) is 13.6 Å². The average molecular weight is 460 g/mol. The van der Waals surface area contributed by atoms with Gasteiger partial charge in [-0.1, -0.05) is 12.1 Å². The van der Waals surface area contributed by atoms with E-state index < -0.39 is 33.9 Å². The Bertz CT molecular complexity index is 1160. The van der Waals surface area contributed by atoms with E-state index in [4.69, 9.17) is 9.88 Å². The number of amides is 2. The Balaban J connectivity index is 1.60. The summed E-state index contributed by atoms with van der Waals surface area (Å²) in [6.07, 6.45) is -1.10. The van der Waals surface area contributed by atoms with Crippen LogP contribution in [0.25, 0.3) is 0 Å². The first-order valence-electron chi connectivity index (χ1n) is 9.98. The Morgan fingerprint density at radius 2 is 1.81 bits per heavy atom. The van der Waals surface area contributed by atoms with Gasteiger partial charge in [-0.3, -0.25) is 14.4 Å². The molecule has 0 unspecified atom stereocenters. The number of primary sulfonamides is 1. The van der Waals surface area contributed by atoms with Gasteiger partial charge in [0.1, 0.15) is 0 Å². The molecule has 1 saturated heterocycles. The first-order valence-corrected chi connectivity index (χ1v) is 11.5.